The fraction of sp³-hybridized carbons (Fsp3) is 0.360. The monoisotopic (exact) mass is 428 g/mol. The highest BCUT2D eigenvalue weighted by atomic mass is 19.1. The van der Waals surface area contributed by atoms with E-state index in [0.717, 1.165) is 16.9 Å². The van der Waals surface area contributed by atoms with Gasteiger partial charge in [-0.3, -0.25) is 9.79 Å². The number of amidine groups is 1. The number of carbonyl (C=O) groups is 1. The summed E-state index contributed by atoms with van der Waals surface area (Å²) in [4.78, 5) is 16.0. The van der Waals surface area contributed by atoms with Crippen LogP contribution in [0.4, 0.5) is 10.1 Å². The second kappa shape index (κ2) is 15.8. The molecule has 0 radical (unpaired) electrons. The highest BCUT2D eigenvalue weighted by Crippen LogP contribution is 2.18. The number of anilines is 1. The smallest absolute Gasteiger partial charge is 0.154 e. The molecule has 6 heteroatoms. The van der Waals surface area contributed by atoms with E-state index in [1.54, 1.807) is 18.2 Å². The third kappa shape index (κ3) is 11.1. The highest BCUT2D eigenvalue weighted by molar-refractivity contribution is 5.90. The maximum atomic E-state index is 13.0. The SMILES string of the molecule is CC.CC(=O)/C=C(/CNc1cccc(C)c1C)NC(C)=NCc1ccc(F)cc1.CN. The van der Waals surface area contributed by atoms with Crippen LogP contribution >= 0.6 is 0 Å². The molecule has 0 atom stereocenters. The molecule has 170 valence electrons. The Morgan fingerprint density at radius 3 is 2.26 bits per heavy atom. The quantitative estimate of drug-likeness (QED) is 0.324. The van der Waals surface area contributed by atoms with Crippen LogP contribution in [-0.2, 0) is 11.3 Å². The van der Waals surface area contributed by atoms with Crippen LogP contribution in [-0.4, -0.2) is 25.2 Å². The molecule has 0 bridgehead atoms. The molecule has 2 rings (SSSR count). The van der Waals surface area contributed by atoms with E-state index in [9.17, 15) is 9.18 Å². The summed E-state index contributed by atoms with van der Waals surface area (Å²) in [6.07, 6.45) is 1.56. The lowest BCUT2D eigenvalue weighted by atomic mass is 10.1. The van der Waals surface area contributed by atoms with Crippen LogP contribution in [0.2, 0.25) is 0 Å². The Kier molecular flexibility index (Phi) is 14.3. The Bertz CT molecular complexity index is 858. The van der Waals surface area contributed by atoms with Crippen LogP contribution in [0.25, 0.3) is 0 Å². The van der Waals surface area contributed by atoms with Gasteiger partial charge in [0.25, 0.3) is 0 Å². The molecule has 2 aromatic rings. The summed E-state index contributed by atoms with van der Waals surface area (Å²) in [5.41, 5.74) is 9.59. The molecule has 0 aliphatic carbocycles. The summed E-state index contributed by atoms with van der Waals surface area (Å²) in [7, 11) is 1.50. The van der Waals surface area contributed by atoms with E-state index in [-0.39, 0.29) is 11.6 Å². The average molecular weight is 429 g/mol. The van der Waals surface area contributed by atoms with E-state index in [0.29, 0.717) is 18.9 Å². The standard InChI is InChI=1S/C22H26FN3O.C2H6.CH5N/c1-15-6-5-7-22(17(15)3)25-14-21(12-16(2)27)26-18(4)24-13-19-8-10-20(23)11-9-19;2*1-2/h5-12,25H,13-14H2,1-4H3,(H,24,26);1-2H3;2H2,1H3/b21-12-;;. The third-order valence-electron chi connectivity index (χ3n) is 4.20. The minimum absolute atomic E-state index is 0.0356. The average Bonchev–Trinajstić information content (AvgIpc) is 2.76. The van der Waals surface area contributed by atoms with Gasteiger partial charge in [-0.1, -0.05) is 38.1 Å². The largest absolute Gasteiger partial charge is 0.379 e. The molecule has 2 aromatic carbocycles. The summed E-state index contributed by atoms with van der Waals surface area (Å²) >= 11 is 0. The summed E-state index contributed by atoms with van der Waals surface area (Å²) in [6.45, 7) is 12.4. The number of aryl methyl sites for hydroxylation is 1. The maximum Gasteiger partial charge on any atom is 0.154 e. The predicted octanol–water partition coefficient (Wildman–Crippen LogP) is 5.14. The molecule has 0 fully saturated rings. The zero-order valence-electron chi connectivity index (χ0n) is 19.8. The molecule has 0 aliphatic heterocycles. The van der Waals surface area contributed by atoms with Crippen LogP contribution < -0.4 is 16.4 Å². The van der Waals surface area contributed by atoms with Crippen molar-refractivity contribution in [2.24, 2.45) is 10.7 Å². The Balaban J connectivity index is 0.00000212. The summed E-state index contributed by atoms with van der Waals surface area (Å²) in [6, 6.07) is 12.3. The number of halogens is 1. The lowest BCUT2D eigenvalue weighted by Gasteiger charge is -2.15. The number of aliphatic imine (C=N–C) groups is 1. The van der Waals surface area contributed by atoms with Crippen LogP contribution in [0.1, 0.15) is 44.4 Å². The van der Waals surface area contributed by atoms with Crippen molar-refractivity contribution in [1.82, 2.24) is 5.32 Å². The van der Waals surface area contributed by atoms with Crippen LogP contribution in [0, 0.1) is 19.7 Å². The van der Waals surface area contributed by atoms with Crippen molar-refractivity contribution in [3.8, 4) is 0 Å². The molecular formula is C25H37FN4O. The molecule has 31 heavy (non-hydrogen) atoms. The number of allylic oxidation sites excluding steroid dienone is 1. The van der Waals surface area contributed by atoms with E-state index in [1.165, 1.54) is 37.2 Å². The molecule has 5 nitrogen and oxygen atoms in total. The van der Waals surface area contributed by atoms with E-state index in [1.807, 2.05) is 32.9 Å². The zero-order chi connectivity index (χ0) is 23.8. The van der Waals surface area contributed by atoms with Crippen molar-refractivity contribution < 1.29 is 9.18 Å². The number of nitrogens with zero attached hydrogens (tertiary/aromatic N) is 1. The summed E-state index contributed by atoms with van der Waals surface area (Å²) in [5.74, 6) is 0.392. The van der Waals surface area contributed by atoms with Gasteiger partial charge in [0.2, 0.25) is 0 Å². The minimum Gasteiger partial charge on any atom is -0.379 e. The second-order valence-electron chi connectivity index (χ2n) is 6.53. The molecule has 0 saturated carbocycles. The molecule has 0 heterocycles. The van der Waals surface area contributed by atoms with Crippen molar-refractivity contribution >= 4 is 17.3 Å². The number of nitrogens with one attached hydrogen (secondary N) is 2. The molecule has 0 saturated heterocycles. The number of nitrogens with two attached hydrogens (primary N) is 1. The van der Waals surface area contributed by atoms with Gasteiger partial charge in [-0.05, 0) is 69.6 Å². The fourth-order valence-corrected chi connectivity index (χ4v) is 2.58. The highest BCUT2D eigenvalue weighted by Gasteiger charge is 2.04. The van der Waals surface area contributed by atoms with Gasteiger partial charge in [-0.15, -0.1) is 0 Å². The number of hydrogen-bond acceptors (Lipinski definition) is 4. The maximum absolute atomic E-state index is 13.0. The normalized spacial score (nSPS) is 10.9. The first-order chi connectivity index (χ1) is 14.8. The number of carbonyl (C=O) groups excluding carboxylic acids is 1. The predicted molar refractivity (Wildman–Crippen MR) is 131 cm³/mol. The number of rotatable bonds is 7. The Morgan fingerprint density at radius 1 is 1.06 bits per heavy atom. The van der Waals surface area contributed by atoms with E-state index < -0.39 is 0 Å². The molecule has 4 N–H and O–H groups in total. The fourth-order valence-electron chi connectivity index (χ4n) is 2.58. The Hall–Kier alpha value is -2.99. The van der Waals surface area contributed by atoms with E-state index in [2.05, 4.69) is 41.3 Å². The third-order valence-corrected chi connectivity index (χ3v) is 4.20. The second-order valence-corrected chi connectivity index (χ2v) is 6.53. The van der Waals surface area contributed by atoms with Gasteiger partial charge in [0.05, 0.1) is 18.9 Å². The first-order valence-electron chi connectivity index (χ1n) is 10.5. The Labute approximate surface area is 186 Å². The van der Waals surface area contributed by atoms with Crippen molar-refractivity contribution in [2.45, 2.75) is 48.1 Å². The topological polar surface area (TPSA) is 79.5 Å². The van der Waals surface area contributed by atoms with Gasteiger partial charge in [0.15, 0.2) is 5.78 Å². The van der Waals surface area contributed by atoms with Gasteiger partial charge in [0.1, 0.15) is 5.82 Å². The van der Waals surface area contributed by atoms with Gasteiger partial charge < -0.3 is 16.4 Å². The first kappa shape index (κ1) is 28.0. The van der Waals surface area contributed by atoms with Crippen molar-refractivity contribution in [2.75, 3.05) is 18.9 Å². The van der Waals surface area contributed by atoms with Gasteiger partial charge in [0, 0.05) is 17.5 Å². The first-order valence-corrected chi connectivity index (χ1v) is 10.5. The van der Waals surface area contributed by atoms with Crippen molar-refractivity contribution in [3.05, 3.63) is 76.7 Å². The van der Waals surface area contributed by atoms with E-state index in [4.69, 9.17) is 0 Å². The van der Waals surface area contributed by atoms with E-state index >= 15 is 0 Å². The van der Waals surface area contributed by atoms with Gasteiger partial charge in [-0.2, -0.15) is 0 Å². The molecule has 0 unspecified atom stereocenters. The number of hydrogen-bond donors (Lipinski definition) is 3. The molecule has 0 amide bonds. The number of benzene rings is 2. The summed E-state index contributed by atoms with van der Waals surface area (Å²) in [5, 5.41) is 6.55. The lowest BCUT2D eigenvalue weighted by molar-refractivity contribution is -0.112. The zero-order valence-corrected chi connectivity index (χ0v) is 19.8. The molecule has 0 spiro atoms. The Morgan fingerprint density at radius 2 is 1.68 bits per heavy atom. The lowest BCUT2D eigenvalue weighted by Crippen LogP contribution is -2.25. The van der Waals surface area contributed by atoms with Crippen molar-refractivity contribution in [3.63, 3.8) is 0 Å². The van der Waals surface area contributed by atoms with Gasteiger partial charge in [-0.25, -0.2) is 4.39 Å². The van der Waals surface area contributed by atoms with Gasteiger partial charge >= 0.3 is 0 Å². The van der Waals surface area contributed by atoms with Crippen molar-refractivity contribution in [1.29, 1.82) is 0 Å². The van der Waals surface area contributed by atoms with Crippen LogP contribution in [0.5, 0.6) is 0 Å². The molecule has 0 aromatic heterocycles. The minimum atomic E-state index is -0.262. The number of ketones is 1. The molecule has 0 aliphatic rings. The van der Waals surface area contributed by atoms with Crippen LogP contribution in [0.3, 0.4) is 0 Å². The van der Waals surface area contributed by atoms with Crippen LogP contribution in [0.15, 0.2) is 59.2 Å². The molecular weight excluding hydrogens is 391 g/mol. The summed E-state index contributed by atoms with van der Waals surface area (Å²) < 4.78 is 13.0.